The number of non-ortho nitro benzene ring substituents is 1. The van der Waals surface area contributed by atoms with Gasteiger partial charge < -0.3 is 15.4 Å². The molecule has 1 unspecified atom stereocenters. The lowest BCUT2D eigenvalue weighted by Crippen LogP contribution is -2.44. The molecule has 1 aromatic carbocycles. The summed E-state index contributed by atoms with van der Waals surface area (Å²) in [6, 6.07) is 6.10. The zero-order valence-electron chi connectivity index (χ0n) is 11.5. The van der Waals surface area contributed by atoms with Gasteiger partial charge in [-0.1, -0.05) is 12.1 Å². The Kier molecular flexibility index (Phi) is 5.42. The van der Waals surface area contributed by atoms with Crippen LogP contribution in [-0.4, -0.2) is 43.2 Å². The van der Waals surface area contributed by atoms with E-state index in [-0.39, 0.29) is 17.7 Å². The molecule has 1 aliphatic heterocycles. The van der Waals surface area contributed by atoms with Gasteiger partial charge >= 0.3 is 0 Å². The van der Waals surface area contributed by atoms with Crippen molar-refractivity contribution in [3.05, 3.63) is 46.0 Å². The number of morpholine rings is 1. The number of nitrogens with zero attached hydrogens (tertiary/aromatic N) is 1. The average molecular weight is 291 g/mol. The third-order valence-electron chi connectivity index (χ3n) is 3.02. The molecule has 1 aliphatic rings. The van der Waals surface area contributed by atoms with E-state index in [1.807, 2.05) is 0 Å². The lowest BCUT2D eigenvalue weighted by Gasteiger charge is -2.23. The van der Waals surface area contributed by atoms with Crippen LogP contribution >= 0.6 is 0 Å². The maximum atomic E-state index is 11.7. The van der Waals surface area contributed by atoms with Crippen LogP contribution in [0.5, 0.6) is 0 Å². The molecule has 2 rings (SSSR count). The van der Waals surface area contributed by atoms with E-state index in [0.717, 1.165) is 13.1 Å². The van der Waals surface area contributed by atoms with Gasteiger partial charge in [-0.2, -0.15) is 0 Å². The van der Waals surface area contributed by atoms with Gasteiger partial charge in [0, 0.05) is 37.8 Å². The summed E-state index contributed by atoms with van der Waals surface area (Å²) in [5, 5.41) is 16.6. The number of carbonyl (C=O) groups is 1. The topological polar surface area (TPSA) is 93.5 Å². The van der Waals surface area contributed by atoms with Crippen LogP contribution in [0.1, 0.15) is 5.56 Å². The van der Waals surface area contributed by atoms with E-state index in [2.05, 4.69) is 10.6 Å². The third kappa shape index (κ3) is 4.97. The highest BCUT2D eigenvalue weighted by Gasteiger charge is 2.13. The minimum atomic E-state index is -0.467. The zero-order valence-corrected chi connectivity index (χ0v) is 11.5. The van der Waals surface area contributed by atoms with Crippen LogP contribution in [0.4, 0.5) is 5.69 Å². The number of hydrogen-bond donors (Lipinski definition) is 2. The predicted molar refractivity (Wildman–Crippen MR) is 77.7 cm³/mol. The number of amides is 1. The van der Waals surface area contributed by atoms with Gasteiger partial charge in [-0.05, 0) is 11.6 Å². The van der Waals surface area contributed by atoms with Crippen molar-refractivity contribution in [1.82, 2.24) is 10.6 Å². The molecule has 0 spiro atoms. The summed E-state index contributed by atoms with van der Waals surface area (Å²) in [7, 11) is 0. The Morgan fingerprint density at radius 2 is 2.43 bits per heavy atom. The molecular weight excluding hydrogens is 274 g/mol. The summed E-state index contributed by atoms with van der Waals surface area (Å²) in [6.07, 6.45) is 2.88. The molecule has 1 atom stereocenters. The fraction of sp³-hybridized carbons (Fsp3) is 0.357. The predicted octanol–water partition coefficient (Wildman–Crippen LogP) is 0.713. The molecule has 0 saturated carbocycles. The van der Waals surface area contributed by atoms with E-state index in [1.165, 1.54) is 18.2 Å². The number of nitro groups is 1. The van der Waals surface area contributed by atoms with Gasteiger partial charge in [-0.15, -0.1) is 0 Å². The summed E-state index contributed by atoms with van der Waals surface area (Å²) in [5.41, 5.74) is 0.606. The molecule has 1 heterocycles. The molecule has 1 amide bonds. The molecule has 112 valence electrons. The lowest BCUT2D eigenvalue weighted by atomic mass is 10.2. The van der Waals surface area contributed by atoms with Crippen molar-refractivity contribution in [1.29, 1.82) is 0 Å². The molecule has 0 bridgehead atoms. The Morgan fingerprint density at radius 3 is 3.14 bits per heavy atom. The fourth-order valence-electron chi connectivity index (χ4n) is 1.94. The quantitative estimate of drug-likeness (QED) is 0.473. The maximum Gasteiger partial charge on any atom is 0.270 e. The Labute approximate surface area is 122 Å². The Balaban J connectivity index is 1.83. The van der Waals surface area contributed by atoms with Crippen LogP contribution in [0.15, 0.2) is 30.3 Å². The molecule has 21 heavy (non-hydrogen) atoms. The third-order valence-corrected chi connectivity index (χ3v) is 3.02. The fourth-order valence-corrected chi connectivity index (χ4v) is 1.94. The van der Waals surface area contributed by atoms with Gasteiger partial charge in [-0.25, -0.2) is 0 Å². The van der Waals surface area contributed by atoms with Crippen LogP contribution in [0.3, 0.4) is 0 Å². The number of benzene rings is 1. The second kappa shape index (κ2) is 7.51. The van der Waals surface area contributed by atoms with E-state index >= 15 is 0 Å². The van der Waals surface area contributed by atoms with Crippen molar-refractivity contribution < 1.29 is 14.5 Å². The van der Waals surface area contributed by atoms with Crippen LogP contribution in [0, 0.1) is 10.1 Å². The highest BCUT2D eigenvalue weighted by atomic mass is 16.6. The summed E-state index contributed by atoms with van der Waals surface area (Å²) in [4.78, 5) is 21.9. The molecule has 7 nitrogen and oxygen atoms in total. The molecule has 0 radical (unpaired) electrons. The number of carbonyl (C=O) groups excluding carboxylic acids is 1. The van der Waals surface area contributed by atoms with Crippen LogP contribution in [-0.2, 0) is 9.53 Å². The Bertz CT molecular complexity index is 539. The van der Waals surface area contributed by atoms with Gasteiger partial charge in [0.1, 0.15) is 0 Å². The first kappa shape index (κ1) is 15.1. The van der Waals surface area contributed by atoms with E-state index in [0.29, 0.717) is 18.7 Å². The Morgan fingerprint density at radius 1 is 1.57 bits per heavy atom. The lowest BCUT2D eigenvalue weighted by molar-refractivity contribution is -0.384. The smallest absolute Gasteiger partial charge is 0.270 e. The first-order valence-corrected chi connectivity index (χ1v) is 6.68. The van der Waals surface area contributed by atoms with E-state index < -0.39 is 4.92 Å². The number of nitrogens with one attached hydrogen (secondary N) is 2. The largest absolute Gasteiger partial charge is 0.374 e. The molecule has 2 N–H and O–H groups in total. The number of rotatable bonds is 5. The monoisotopic (exact) mass is 291 g/mol. The van der Waals surface area contributed by atoms with Crippen molar-refractivity contribution in [3.63, 3.8) is 0 Å². The summed E-state index contributed by atoms with van der Waals surface area (Å²) >= 11 is 0. The van der Waals surface area contributed by atoms with Gasteiger partial charge in [0.05, 0.1) is 17.6 Å². The molecule has 1 aromatic rings. The van der Waals surface area contributed by atoms with E-state index in [4.69, 9.17) is 4.74 Å². The number of hydrogen-bond acceptors (Lipinski definition) is 5. The van der Waals surface area contributed by atoms with Crippen molar-refractivity contribution in [2.45, 2.75) is 6.10 Å². The molecule has 1 saturated heterocycles. The van der Waals surface area contributed by atoms with Gasteiger partial charge in [0.2, 0.25) is 5.91 Å². The van der Waals surface area contributed by atoms with E-state index in [1.54, 1.807) is 18.2 Å². The van der Waals surface area contributed by atoms with E-state index in [9.17, 15) is 14.9 Å². The van der Waals surface area contributed by atoms with Crippen LogP contribution in [0.2, 0.25) is 0 Å². The number of ether oxygens (including phenoxy) is 1. The first-order valence-electron chi connectivity index (χ1n) is 6.68. The molecule has 0 aromatic heterocycles. The summed E-state index contributed by atoms with van der Waals surface area (Å²) in [6.45, 7) is 2.63. The molecule has 1 fully saturated rings. The normalized spacial score (nSPS) is 18.6. The van der Waals surface area contributed by atoms with Crippen LogP contribution in [0.25, 0.3) is 6.08 Å². The second-order valence-corrected chi connectivity index (χ2v) is 4.63. The van der Waals surface area contributed by atoms with Crippen molar-refractivity contribution in [3.8, 4) is 0 Å². The Hall–Kier alpha value is -2.25. The maximum absolute atomic E-state index is 11.7. The molecule has 0 aliphatic carbocycles. The minimum Gasteiger partial charge on any atom is -0.374 e. The summed E-state index contributed by atoms with van der Waals surface area (Å²) in [5.74, 6) is -0.254. The molecular formula is C14H17N3O4. The van der Waals surface area contributed by atoms with Crippen molar-refractivity contribution in [2.24, 2.45) is 0 Å². The van der Waals surface area contributed by atoms with Crippen LogP contribution < -0.4 is 10.6 Å². The van der Waals surface area contributed by atoms with Crippen molar-refractivity contribution >= 4 is 17.7 Å². The van der Waals surface area contributed by atoms with Crippen molar-refractivity contribution in [2.75, 3.05) is 26.2 Å². The zero-order chi connectivity index (χ0) is 15.1. The second-order valence-electron chi connectivity index (χ2n) is 4.63. The molecule has 7 heteroatoms. The number of nitro benzene ring substituents is 1. The first-order chi connectivity index (χ1) is 10.1. The summed E-state index contributed by atoms with van der Waals surface area (Å²) < 4.78 is 5.46. The minimum absolute atomic E-state index is 0.000705. The van der Waals surface area contributed by atoms with Gasteiger partial charge in [0.25, 0.3) is 5.69 Å². The standard InChI is InChI=1S/C14H17N3O4/c18-14(16-10-13-9-15-6-7-21-13)5-4-11-2-1-3-12(8-11)17(19)20/h1-5,8,13,15H,6-7,9-10H2,(H,16,18)/b5-4+. The van der Waals surface area contributed by atoms with Gasteiger partial charge in [0.15, 0.2) is 0 Å². The SMILES string of the molecule is O=C(/C=C/c1cccc([N+](=O)[O-])c1)NCC1CNCCO1. The average Bonchev–Trinajstić information content (AvgIpc) is 2.52. The highest BCUT2D eigenvalue weighted by Crippen LogP contribution is 2.13. The highest BCUT2D eigenvalue weighted by molar-refractivity contribution is 5.91. The van der Waals surface area contributed by atoms with Gasteiger partial charge in [-0.3, -0.25) is 14.9 Å².